The van der Waals surface area contributed by atoms with Crippen LogP contribution in [0.3, 0.4) is 0 Å². The van der Waals surface area contributed by atoms with Gasteiger partial charge in [-0.05, 0) is 114 Å². The van der Waals surface area contributed by atoms with Crippen LogP contribution in [-0.2, 0) is 57.2 Å². The lowest BCUT2D eigenvalue weighted by molar-refractivity contribution is -0.265. The number of piperidine rings is 1. The van der Waals surface area contributed by atoms with Gasteiger partial charge in [-0.3, -0.25) is 24.0 Å². The number of aliphatic hydroxyl groups is 4. The average Bonchev–Trinajstić information content (AvgIpc) is 3.37. The molecule has 0 radical (unpaired) electrons. The van der Waals surface area contributed by atoms with E-state index in [-0.39, 0.29) is 48.4 Å². The topological polar surface area (TPSA) is 242 Å². The van der Waals surface area contributed by atoms with Gasteiger partial charge in [-0.2, -0.15) is 0 Å². The smallest absolute Gasteiger partial charge is 0.329 e. The molecule has 3 heterocycles. The van der Waals surface area contributed by atoms with Crippen LogP contribution in [0, 0.1) is 40.9 Å². The molecule has 14 unspecified atom stereocenters. The SMILES string of the molecule is COC1CC2CC[C@H](C)C(O)(O2)C(=O)C(=O)N2CCCCC2C(=O)OC(C(C)CC2CCC(OC(=O)C(C)(CO)CO)C(OC)C2)CC(=O)C(C)=CC(C)C(O)C(OC)C(=O)C(C)CC(C)C=CC=CC=C1C. The fraction of sp³-hybridized carbons (Fsp3) is 0.750. The fourth-order valence-corrected chi connectivity index (χ4v) is 10.7. The van der Waals surface area contributed by atoms with Crippen LogP contribution in [0.15, 0.2) is 47.6 Å². The molecule has 2 bridgehead atoms. The monoisotopic (exact) mass is 1030 g/mol. The van der Waals surface area contributed by atoms with Crippen LogP contribution in [0.4, 0.5) is 0 Å². The number of cyclic esters (lactones) is 1. The van der Waals surface area contributed by atoms with Crippen molar-refractivity contribution in [1.82, 2.24) is 4.90 Å². The lowest BCUT2D eigenvalue weighted by Crippen LogP contribution is -2.61. The van der Waals surface area contributed by atoms with Crippen LogP contribution >= 0.6 is 0 Å². The number of hydrogen-bond acceptors (Lipinski definition) is 16. The van der Waals surface area contributed by atoms with E-state index in [1.54, 1.807) is 40.9 Å². The Hall–Kier alpha value is -3.94. The van der Waals surface area contributed by atoms with Crippen molar-refractivity contribution in [2.45, 2.75) is 187 Å². The molecule has 2 saturated heterocycles. The molecular formula is C56H87NO16. The van der Waals surface area contributed by atoms with Gasteiger partial charge < -0.3 is 53.7 Å². The summed E-state index contributed by atoms with van der Waals surface area (Å²) in [6, 6.07) is -1.20. The lowest BCUT2D eigenvalue weighted by atomic mass is 9.78. The minimum absolute atomic E-state index is 0.00428. The number of carbonyl (C=O) groups is 6. The summed E-state index contributed by atoms with van der Waals surface area (Å²) < 4.78 is 35.4. The molecule has 0 aromatic heterocycles. The van der Waals surface area contributed by atoms with Crippen LogP contribution in [0.1, 0.15) is 132 Å². The predicted molar refractivity (Wildman–Crippen MR) is 271 cm³/mol. The van der Waals surface area contributed by atoms with Gasteiger partial charge in [0.1, 0.15) is 29.8 Å². The Labute approximate surface area is 433 Å². The van der Waals surface area contributed by atoms with E-state index < -0.39 is 120 Å². The number of Topliss-reactive ketones (excluding diaryl/α,β-unsaturated/α-hetero) is 3. The van der Waals surface area contributed by atoms with Crippen LogP contribution in [0.2, 0.25) is 0 Å². The van der Waals surface area contributed by atoms with Crippen molar-refractivity contribution in [3.8, 4) is 0 Å². The van der Waals surface area contributed by atoms with E-state index in [2.05, 4.69) is 0 Å². The molecule has 73 heavy (non-hydrogen) atoms. The molecule has 4 aliphatic rings. The molecule has 412 valence electrons. The number of methoxy groups -OCH3 is 3. The molecule has 0 aromatic rings. The zero-order valence-corrected chi connectivity index (χ0v) is 45.3. The van der Waals surface area contributed by atoms with Gasteiger partial charge >= 0.3 is 11.9 Å². The first-order valence-electron chi connectivity index (χ1n) is 26.4. The van der Waals surface area contributed by atoms with Gasteiger partial charge in [0.05, 0.1) is 37.6 Å². The lowest BCUT2D eigenvalue weighted by Gasteiger charge is -2.42. The van der Waals surface area contributed by atoms with Crippen LogP contribution in [-0.4, -0.2) is 156 Å². The first-order chi connectivity index (χ1) is 34.5. The maximum atomic E-state index is 14.5. The summed E-state index contributed by atoms with van der Waals surface area (Å²) in [5.74, 6) is -9.33. The number of esters is 2. The molecule has 4 rings (SSSR count). The molecule has 1 amide bonds. The van der Waals surface area contributed by atoms with Crippen molar-refractivity contribution in [3.63, 3.8) is 0 Å². The molecule has 1 saturated carbocycles. The Morgan fingerprint density at radius 3 is 2.22 bits per heavy atom. The van der Waals surface area contributed by atoms with E-state index in [9.17, 15) is 49.2 Å². The first kappa shape index (κ1) is 61.6. The number of ether oxygens (including phenoxy) is 6. The normalized spacial score (nSPS) is 35.1. The summed E-state index contributed by atoms with van der Waals surface area (Å²) in [6.45, 7) is 12.7. The van der Waals surface area contributed by atoms with Crippen LogP contribution < -0.4 is 0 Å². The first-order valence-corrected chi connectivity index (χ1v) is 26.4. The van der Waals surface area contributed by atoms with Crippen LogP contribution in [0.25, 0.3) is 0 Å². The Balaban J connectivity index is 1.69. The highest BCUT2D eigenvalue weighted by Crippen LogP contribution is 2.38. The van der Waals surface area contributed by atoms with Gasteiger partial charge in [0.2, 0.25) is 5.79 Å². The molecule has 17 nitrogen and oxygen atoms in total. The van der Waals surface area contributed by atoms with Crippen molar-refractivity contribution in [1.29, 1.82) is 0 Å². The minimum atomic E-state index is -2.47. The number of carbonyl (C=O) groups excluding carboxylic acids is 6. The van der Waals surface area contributed by atoms with E-state index in [4.69, 9.17) is 28.4 Å². The highest BCUT2D eigenvalue weighted by molar-refractivity contribution is 6.39. The standard InChI is InChI=1S/C56H87NO16/c1-33-17-13-12-14-18-34(2)45(68-9)29-41-22-20-39(7)56(67,73-41)51(63)52(64)57-24-16-15-19-42(57)53(65)71-46(30-43(60)35(3)26-38(6)49(62)50(70-11)48(61)37(5)25-33)36(4)27-40-21-23-44(47(28-40)69-10)72-54(66)55(8,31-58)32-59/h12-14,17-18,26,33,36-42,44-47,49-50,58-59,62,67H,15-16,19-25,27-32H2,1-11H3/t33?,36?,37?,38?,39-,40?,41?,42?,44?,45?,46?,47?,49?,50?,56?/m0/s1. The third kappa shape index (κ3) is 16.0. The number of fused-ring (bicyclic) bond motifs is 3. The summed E-state index contributed by atoms with van der Waals surface area (Å²) in [5.41, 5.74) is -0.363. The Kier molecular flexibility index (Phi) is 23.9. The second-order valence-electron chi connectivity index (χ2n) is 21.9. The summed E-state index contributed by atoms with van der Waals surface area (Å²) in [7, 11) is 4.44. The average molecular weight is 1030 g/mol. The van der Waals surface area contributed by atoms with Crippen LogP contribution in [0.5, 0.6) is 0 Å². The quantitative estimate of drug-likeness (QED) is 0.151. The predicted octanol–water partition coefficient (Wildman–Crippen LogP) is 5.72. The van der Waals surface area contributed by atoms with Gasteiger partial charge in [0.25, 0.3) is 11.7 Å². The van der Waals surface area contributed by atoms with E-state index in [0.717, 1.165) is 10.5 Å². The van der Waals surface area contributed by atoms with Gasteiger partial charge in [-0.25, -0.2) is 4.79 Å². The van der Waals surface area contributed by atoms with E-state index in [1.165, 1.54) is 21.1 Å². The second-order valence-corrected chi connectivity index (χ2v) is 21.9. The molecule has 0 spiro atoms. The second kappa shape index (κ2) is 28.3. The van der Waals surface area contributed by atoms with Crippen molar-refractivity contribution >= 4 is 35.2 Å². The third-order valence-corrected chi connectivity index (χ3v) is 15.9. The highest BCUT2D eigenvalue weighted by atomic mass is 16.6. The fourth-order valence-electron chi connectivity index (χ4n) is 10.7. The number of amides is 1. The number of nitrogens with zero attached hydrogens (tertiary/aromatic N) is 1. The van der Waals surface area contributed by atoms with Gasteiger partial charge in [0, 0.05) is 58.5 Å². The summed E-state index contributed by atoms with van der Waals surface area (Å²) in [4.78, 5) is 85.4. The van der Waals surface area contributed by atoms with Gasteiger partial charge in [-0.1, -0.05) is 71.1 Å². The highest BCUT2D eigenvalue weighted by Gasteiger charge is 2.53. The maximum absolute atomic E-state index is 14.5. The zero-order valence-electron chi connectivity index (χ0n) is 45.3. The zero-order chi connectivity index (χ0) is 54.4. The number of aliphatic hydroxyl groups excluding tert-OH is 3. The number of allylic oxidation sites excluding steroid dienone is 6. The van der Waals surface area contributed by atoms with Crippen molar-refractivity contribution in [2.24, 2.45) is 40.9 Å². The number of rotatable bonds is 10. The Morgan fingerprint density at radius 2 is 1.58 bits per heavy atom. The third-order valence-electron chi connectivity index (χ3n) is 15.9. The van der Waals surface area contributed by atoms with E-state index in [0.29, 0.717) is 64.2 Å². The molecule has 17 heteroatoms. The maximum Gasteiger partial charge on any atom is 0.329 e. The van der Waals surface area contributed by atoms with E-state index >= 15 is 0 Å². The Morgan fingerprint density at radius 1 is 0.877 bits per heavy atom. The van der Waals surface area contributed by atoms with Gasteiger partial charge in [-0.15, -0.1) is 0 Å². The number of ketones is 3. The largest absolute Gasteiger partial charge is 0.460 e. The molecule has 1 aliphatic carbocycles. The molecule has 15 atom stereocenters. The Bertz CT molecular complexity index is 2010. The molecular weight excluding hydrogens is 943 g/mol. The van der Waals surface area contributed by atoms with Crippen molar-refractivity contribution < 1.29 is 77.6 Å². The number of hydrogen-bond donors (Lipinski definition) is 4. The van der Waals surface area contributed by atoms with Gasteiger partial charge in [0.15, 0.2) is 11.6 Å². The van der Waals surface area contributed by atoms with Crippen molar-refractivity contribution in [2.75, 3.05) is 41.1 Å². The van der Waals surface area contributed by atoms with E-state index in [1.807, 2.05) is 51.2 Å². The van der Waals surface area contributed by atoms with Crippen molar-refractivity contribution in [3.05, 3.63) is 47.6 Å². The summed E-state index contributed by atoms with van der Waals surface area (Å²) in [6.07, 6.45) is 9.81. The molecule has 3 fully saturated rings. The summed E-state index contributed by atoms with van der Waals surface area (Å²) >= 11 is 0. The molecule has 0 aromatic carbocycles. The minimum Gasteiger partial charge on any atom is -0.460 e. The molecule has 3 aliphatic heterocycles. The molecule has 4 N–H and O–H groups in total. The summed E-state index contributed by atoms with van der Waals surface area (Å²) in [5, 5.41) is 43.1.